The highest BCUT2D eigenvalue weighted by Crippen LogP contribution is 2.39. The van der Waals surface area contributed by atoms with E-state index in [2.05, 4.69) is 15.9 Å². The van der Waals surface area contributed by atoms with E-state index in [1.165, 1.54) is 6.07 Å². The Morgan fingerprint density at radius 1 is 1.14 bits per heavy atom. The number of rotatable bonds is 6. The second kappa shape index (κ2) is 6.99. The van der Waals surface area contributed by atoms with Gasteiger partial charge in [-0.3, -0.25) is 0 Å². The van der Waals surface area contributed by atoms with Crippen LogP contribution < -0.4 is 9.47 Å². The van der Waals surface area contributed by atoms with Crippen molar-refractivity contribution >= 4 is 21.9 Å². The number of benzene rings is 2. The van der Waals surface area contributed by atoms with Crippen molar-refractivity contribution in [1.29, 1.82) is 0 Å². The number of ether oxygens (including phenoxy) is 2. The van der Waals surface area contributed by atoms with Gasteiger partial charge in [-0.2, -0.15) is 0 Å². The third-order valence-corrected chi connectivity index (χ3v) is 3.04. The average Bonchev–Trinajstić information content (AvgIpc) is 2.44. The summed E-state index contributed by atoms with van der Waals surface area (Å²) in [5.74, 6) is -1.04. The van der Waals surface area contributed by atoms with E-state index in [0.29, 0.717) is 4.47 Å². The Morgan fingerprint density at radius 2 is 1.86 bits per heavy atom. The van der Waals surface area contributed by atoms with Gasteiger partial charge in [0.25, 0.3) is 0 Å². The molecule has 5 nitrogen and oxygen atoms in total. The summed E-state index contributed by atoms with van der Waals surface area (Å²) >= 11 is 3.24. The van der Waals surface area contributed by atoms with Gasteiger partial charge in [0.1, 0.15) is 6.61 Å². The van der Waals surface area contributed by atoms with Gasteiger partial charge in [-0.1, -0.05) is 46.3 Å². The van der Waals surface area contributed by atoms with E-state index in [4.69, 9.17) is 14.6 Å². The van der Waals surface area contributed by atoms with Crippen LogP contribution in [0.25, 0.3) is 0 Å². The Balaban J connectivity index is 2.18. The van der Waals surface area contributed by atoms with Crippen LogP contribution in [0, 0.1) is 0 Å². The lowest BCUT2D eigenvalue weighted by Crippen LogP contribution is -2.10. The predicted octanol–water partition coefficient (Wildman–Crippen LogP) is 3.20. The van der Waals surface area contributed by atoms with Gasteiger partial charge in [0.2, 0.25) is 5.75 Å². The predicted molar refractivity (Wildman–Crippen MR) is 79.7 cm³/mol. The number of aliphatic carboxylic acids is 1. The van der Waals surface area contributed by atoms with Gasteiger partial charge in [0, 0.05) is 4.47 Å². The molecular weight excluding hydrogens is 340 g/mol. The third kappa shape index (κ3) is 4.39. The van der Waals surface area contributed by atoms with Gasteiger partial charge in [-0.25, -0.2) is 4.79 Å². The fraction of sp³-hybridized carbons (Fsp3) is 0.133. The first-order valence-electron chi connectivity index (χ1n) is 6.10. The van der Waals surface area contributed by atoms with Crippen molar-refractivity contribution in [3.8, 4) is 17.2 Å². The second-order valence-corrected chi connectivity index (χ2v) is 5.12. The minimum Gasteiger partial charge on any atom is -0.504 e. The van der Waals surface area contributed by atoms with Crippen LogP contribution in [0.5, 0.6) is 17.2 Å². The minimum absolute atomic E-state index is 0.0107. The number of carbonyl (C=O) groups is 1. The average molecular weight is 353 g/mol. The zero-order chi connectivity index (χ0) is 15.2. The molecule has 0 spiro atoms. The second-order valence-electron chi connectivity index (χ2n) is 4.21. The van der Waals surface area contributed by atoms with Gasteiger partial charge < -0.3 is 19.7 Å². The summed E-state index contributed by atoms with van der Waals surface area (Å²) in [7, 11) is 0. The number of carboxylic acid groups (broad SMARTS) is 1. The molecule has 0 unspecified atom stereocenters. The van der Waals surface area contributed by atoms with E-state index in [9.17, 15) is 9.90 Å². The van der Waals surface area contributed by atoms with Gasteiger partial charge >= 0.3 is 5.97 Å². The maximum Gasteiger partial charge on any atom is 0.341 e. The molecule has 110 valence electrons. The minimum atomic E-state index is -1.13. The summed E-state index contributed by atoms with van der Waals surface area (Å²) < 4.78 is 11.3. The van der Waals surface area contributed by atoms with E-state index in [1.807, 2.05) is 30.3 Å². The quantitative estimate of drug-likeness (QED) is 0.834. The van der Waals surface area contributed by atoms with E-state index in [1.54, 1.807) is 6.07 Å². The number of phenols is 1. The summed E-state index contributed by atoms with van der Waals surface area (Å²) in [6, 6.07) is 12.5. The highest BCUT2D eigenvalue weighted by Gasteiger charge is 2.14. The molecule has 21 heavy (non-hydrogen) atoms. The smallest absolute Gasteiger partial charge is 0.341 e. The van der Waals surface area contributed by atoms with Gasteiger partial charge in [-0.05, 0) is 17.7 Å². The number of phenolic OH excluding ortho intramolecular Hbond substituents is 1. The van der Waals surface area contributed by atoms with E-state index in [0.717, 1.165) is 5.56 Å². The molecule has 0 saturated heterocycles. The molecule has 0 fully saturated rings. The van der Waals surface area contributed by atoms with Crippen molar-refractivity contribution in [3.63, 3.8) is 0 Å². The molecule has 0 saturated carbocycles. The van der Waals surface area contributed by atoms with Crippen LogP contribution in [0.4, 0.5) is 0 Å². The van der Waals surface area contributed by atoms with Crippen molar-refractivity contribution in [2.45, 2.75) is 6.61 Å². The van der Waals surface area contributed by atoms with E-state index < -0.39 is 12.6 Å². The van der Waals surface area contributed by atoms with Crippen LogP contribution in [0.3, 0.4) is 0 Å². The van der Waals surface area contributed by atoms with Crippen molar-refractivity contribution in [1.82, 2.24) is 0 Å². The lowest BCUT2D eigenvalue weighted by atomic mass is 10.2. The highest BCUT2D eigenvalue weighted by atomic mass is 79.9. The summed E-state index contributed by atoms with van der Waals surface area (Å²) in [5, 5.41) is 18.5. The lowest BCUT2D eigenvalue weighted by molar-refractivity contribution is -0.139. The zero-order valence-corrected chi connectivity index (χ0v) is 12.5. The van der Waals surface area contributed by atoms with Crippen LogP contribution in [0.2, 0.25) is 0 Å². The zero-order valence-electron chi connectivity index (χ0n) is 11.0. The lowest BCUT2D eigenvalue weighted by Gasteiger charge is -2.13. The van der Waals surface area contributed by atoms with Crippen LogP contribution in [-0.2, 0) is 11.4 Å². The first-order chi connectivity index (χ1) is 10.1. The van der Waals surface area contributed by atoms with Crippen molar-refractivity contribution in [3.05, 3.63) is 52.5 Å². The molecule has 0 aliphatic heterocycles. The molecule has 0 aliphatic carbocycles. The summed E-state index contributed by atoms with van der Waals surface area (Å²) in [5.41, 5.74) is 0.946. The van der Waals surface area contributed by atoms with E-state index >= 15 is 0 Å². The molecule has 0 atom stereocenters. The Labute approximate surface area is 129 Å². The normalized spacial score (nSPS) is 10.1. The van der Waals surface area contributed by atoms with Gasteiger partial charge in [-0.15, -0.1) is 0 Å². The number of hydrogen-bond acceptors (Lipinski definition) is 4. The molecule has 0 radical (unpaired) electrons. The van der Waals surface area contributed by atoms with E-state index in [-0.39, 0.29) is 23.9 Å². The first kappa shape index (κ1) is 15.2. The Kier molecular flexibility index (Phi) is 5.05. The summed E-state index contributed by atoms with van der Waals surface area (Å²) in [4.78, 5) is 10.6. The topological polar surface area (TPSA) is 76.0 Å². The largest absolute Gasteiger partial charge is 0.504 e. The molecule has 0 heterocycles. The molecule has 6 heteroatoms. The van der Waals surface area contributed by atoms with Gasteiger partial charge in [0.05, 0.1) is 0 Å². The molecule has 2 rings (SSSR count). The monoisotopic (exact) mass is 352 g/mol. The first-order valence-corrected chi connectivity index (χ1v) is 6.89. The third-order valence-electron chi connectivity index (χ3n) is 2.58. The van der Waals surface area contributed by atoms with Crippen LogP contribution in [-0.4, -0.2) is 22.8 Å². The van der Waals surface area contributed by atoms with Crippen LogP contribution >= 0.6 is 15.9 Å². The Morgan fingerprint density at radius 3 is 2.52 bits per heavy atom. The summed E-state index contributed by atoms with van der Waals surface area (Å²) in [6.45, 7) is -0.281. The van der Waals surface area contributed by atoms with Crippen LogP contribution in [0.1, 0.15) is 5.56 Å². The molecule has 0 amide bonds. The van der Waals surface area contributed by atoms with Crippen molar-refractivity contribution in [2.75, 3.05) is 6.61 Å². The molecule has 0 aliphatic rings. The van der Waals surface area contributed by atoms with Gasteiger partial charge in [0.15, 0.2) is 18.1 Å². The maximum absolute atomic E-state index is 10.6. The number of hydrogen-bond donors (Lipinski definition) is 2. The Hall–Kier alpha value is -2.21. The maximum atomic E-state index is 10.6. The summed E-state index contributed by atoms with van der Waals surface area (Å²) in [6.07, 6.45) is 0. The molecule has 0 bridgehead atoms. The standard InChI is InChI=1S/C15H13BrO5/c16-11-6-12(17)15(21-9-14(18)19)13(7-11)20-8-10-4-2-1-3-5-10/h1-7,17H,8-9H2,(H,18,19). The fourth-order valence-electron chi connectivity index (χ4n) is 1.68. The molecule has 2 N–H and O–H groups in total. The molecule has 2 aromatic carbocycles. The number of halogens is 1. The SMILES string of the molecule is O=C(O)COc1c(O)cc(Br)cc1OCc1ccccc1. The fourth-order valence-corrected chi connectivity index (χ4v) is 2.10. The van der Waals surface area contributed by atoms with Crippen molar-refractivity contribution < 1.29 is 24.5 Å². The Bertz CT molecular complexity index is 627. The number of aromatic hydroxyl groups is 1. The highest BCUT2D eigenvalue weighted by molar-refractivity contribution is 9.10. The molecule has 2 aromatic rings. The molecular formula is C15H13BrO5. The molecule has 0 aromatic heterocycles. The van der Waals surface area contributed by atoms with Crippen LogP contribution in [0.15, 0.2) is 46.9 Å². The number of carboxylic acids is 1. The van der Waals surface area contributed by atoms with Crippen molar-refractivity contribution in [2.24, 2.45) is 0 Å².